The number of phenolic OH excluding ortho intramolecular Hbond substituents is 1. The summed E-state index contributed by atoms with van der Waals surface area (Å²) in [4.78, 5) is 18.3. The van der Waals surface area contributed by atoms with Crippen molar-refractivity contribution in [2.24, 2.45) is 5.92 Å². The van der Waals surface area contributed by atoms with Gasteiger partial charge in [-0.15, -0.1) is 0 Å². The van der Waals surface area contributed by atoms with Crippen molar-refractivity contribution in [1.29, 1.82) is 0 Å². The molecule has 3 aliphatic rings. The molecule has 12 rings (SSSR count). The molecule has 6 nitrogen and oxygen atoms in total. The van der Waals surface area contributed by atoms with Crippen molar-refractivity contribution in [3.63, 3.8) is 0 Å². The number of fused-ring (bicyclic) bond motifs is 3. The number of aromatic hydroxyl groups is 1. The highest BCUT2D eigenvalue weighted by atomic mass is 19.4. The number of hydrogen-bond donors (Lipinski definition) is 2. The van der Waals surface area contributed by atoms with Crippen molar-refractivity contribution in [3.8, 4) is 44.9 Å². The third kappa shape index (κ3) is 11.8. The van der Waals surface area contributed by atoms with Gasteiger partial charge in [0.1, 0.15) is 11.5 Å². The fraction of sp³-hybridized carbons (Fsp3) is 0.276. The van der Waals surface area contributed by atoms with E-state index >= 15 is 0 Å². The molecular weight excluding hydrogens is 1060 g/mol. The van der Waals surface area contributed by atoms with Gasteiger partial charge < -0.3 is 25.0 Å². The second kappa shape index (κ2) is 24.6. The number of benzene rings is 9. The second-order valence-corrected chi connectivity index (χ2v) is 23.5. The lowest BCUT2D eigenvalue weighted by Crippen LogP contribution is -2.46. The van der Waals surface area contributed by atoms with Crippen LogP contribution < -0.4 is 19.9 Å². The molecule has 1 aliphatic carbocycles. The van der Waals surface area contributed by atoms with Crippen LogP contribution in [0.3, 0.4) is 0 Å². The lowest BCUT2D eigenvalue weighted by Gasteiger charge is -2.39. The number of aryl methyl sites for hydroxylation is 1. The number of carbonyl (C=O) groups excluding carboxylic acids is 1. The molecule has 1 amide bonds. The maximum absolute atomic E-state index is 14.9. The van der Waals surface area contributed by atoms with E-state index in [1.54, 1.807) is 18.2 Å². The maximum Gasteiger partial charge on any atom is 0.416 e. The number of nitrogens with one attached hydrogen (secondary N) is 1. The summed E-state index contributed by atoms with van der Waals surface area (Å²) < 4.78 is 52.2. The van der Waals surface area contributed by atoms with Crippen LogP contribution in [0.2, 0.25) is 0 Å². The molecule has 9 aromatic carbocycles. The van der Waals surface area contributed by atoms with Gasteiger partial charge in [0.15, 0.2) is 5.60 Å². The Morgan fingerprint density at radius 2 is 1.22 bits per heavy atom. The van der Waals surface area contributed by atoms with E-state index in [4.69, 9.17) is 4.74 Å². The molecule has 2 aliphatic heterocycles. The molecule has 432 valence electrons. The van der Waals surface area contributed by atoms with Crippen LogP contribution >= 0.6 is 0 Å². The molecular formula is C76H74F3N3O3. The van der Waals surface area contributed by atoms with E-state index in [9.17, 15) is 23.1 Å². The highest BCUT2D eigenvalue weighted by molar-refractivity contribution is 6.07. The average molecular weight is 1130 g/mol. The summed E-state index contributed by atoms with van der Waals surface area (Å²) >= 11 is 0. The lowest BCUT2D eigenvalue weighted by atomic mass is 9.77. The number of ether oxygens (including phenoxy) is 1. The van der Waals surface area contributed by atoms with Gasteiger partial charge in [0.2, 0.25) is 0 Å². The molecule has 2 N–H and O–H groups in total. The molecule has 9 heteroatoms. The van der Waals surface area contributed by atoms with Gasteiger partial charge >= 0.3 is 6.18 Å². The molecule has 1 saturated carbocycles. The van der Waals surface area contributed by atoms with Crippen molar-refractivity contribution >= 4 is 39.8 Å². The number of hydrogen-bond acceptors (Lipinski definition) is 5. The number of carbonyl (C=O) groups is 1. The maximum atomic E-state index is 14.9. The Kier molecular flexibility index (Phi) is 16.4. The fourth-order valence-corrected chi connectivity index (χ4v) is 13.5. The van der Waals surface area contributed by atoms with Crippen molar-refractivity contribution in [2.45, 2.75) is 103 Å². The highest BCUT2D eigenvalue weighted by Crippen LogP contribution is 2.52. The third-order valence-corrected chi connectivity index (χ3v) is 18.4. The summed E-state index contributed by atoms with van der Waals surface area (Å²) in [6.45, 7) is 9.75. The SMILES string of the molecule is CCCCCC1CCC(c2ccc(-c3ccc(C(=O)Nc4ccc(-c5ccc(CC)c(-c6c(CC)c7c(c8cc(C(F)(F)F)ccc68)OC(c6ccccc6)(c6ccc(N8CCN(c9ccc(O)cc9)CC8)cc6)C=C7)c5)cc4)cc3)cc2)CC1. The van der Waals surface area contributed by atoms with Gasteiger partial charge in [-0.25, -0.2) is 0 Å². The van der Waals surface area contributed by atoms with Crippen LogP contribution in [0, 0.1) is 5.92 Å². The average Bonchev–Trinajstić information content (AvgIpc) is 1.91. The Balaban J connectivity index is 0.804. The smallest absolute Gasteiger partial charge is 0.416 e. The van der Waals surface area contributed by atoms with E-state index in [0.717, 1.165) is 105 Å². The van der Waals surface area contributed by atoms with E-state index in [-0.39, 0.29) is 11.7 Å². The minimum Gasteiger partial charge on any atom is -0.508 e. The molecule has 1 saturated heterocycles. The van der Waals surface area contributed by atoms with Gasteiger partial charge in [0.05, 0.1) is 5.56 Å². The summed E-state index contributed by atoms with van der Waals surface area (Å²) in [5.74, 6) is 2.00. The standard InChI is InChI=1S/C76H74F3N3O3/c1-4-7-9-12-51-15-17-53(18-16-51)54-20-22-55(23-21-54)56-24-26-58(27-25-56)74(84)80-63-34-29-57(30-35-63)59-28-19-52(5-2)70(49-59)72-67(6-3)69-43-44-75(60-13-10-8-11-14-60,85-73(69)71-50-62(76(77,78)79)33-42-68(71)72)61-31-36-64(37-32-61)81-45-47-82(48-46-81)65-38-40-66(83)41-39-65/h8,10-11,13-14,19-44,49-51,53,83H,4-7,9,12,15-18,45-48H2,1-3H3,(H,80,84). The van der Waals surface area contributed by atoms with Gasteiger partial charge in [-0.05, 0) is 191 Å². The largest absolute Gasteiger partial charge is 0.508 e. The number of nitrogens with zero attached hydrogens (tertiary/aromatic N) is 2. The molecule has 0 aromatic heterocycles. The summed E-state index contributed by atoms with van der Waals surface area (Å²) in [6, 6.07) is 60.8. The van der Waals surface area contributed by atoms with Gasteiger partial charge in [-0.3, -0.25) is 4.79 Å². The van der Waals surface area contributed by atoms with E-state index in [1.807, 2.05) is 91.0 Å². The second-order valence-electron chi connectivity index (χ2n) is 23.5. The molecule has 2 heterocycles. The summed E-state index contributed by atoms with van der Waals surface area (Å²) in [5, 5.41) is 14.0. The fourth-order valence-electron chi connectivity index (χ4n) is 13.5. The number of anilines is 3. The quantitative estimate of drug-likeness (QED) is 0.0944. The molecule has 9 aromatic rings. The first-order valence-corrected chi connectivity index (χ1v) is 30.7. The molecule has 0 bridgehead atoms. The summed E-state index contributed by atoms with van der Waals surface area (Å²) in [6.07, 6.45) is 11.5. The lowest BCUT2D eigenvalue weighted by molar-refractivity contribution is -0.137. The predicted molar refractivity (Wildman–Crippen MR) is 343 cm³/mol. The molecule has 0 spiro atoms. The first-order chi connectivity index (χ1) is 41.4. The number of rotatable bonds is 16. The molecule has 0 radical (unpaired) electrons. The normalized spacial score (nSPS) is 17.8. The van der Waals surface area contributed by atoms with Crippen LogP contribution in [0.15, 0.2) is 194 Å². The van der Waals surface area contributed by atoms with Crippen LogP contribution in [-0.2, 0) is 24.6 Å². The van der Waals surface area contributed by atoms with Crippen molar-refractivity contribution in [2.75, 3.05) is 41.3 Å². The van der Waals surface area contributed by atoms with Crippen molar-refractivity contribution in [3.05, 3.63) is 239 Å². The number of halogens is 3. The monoisotopic (exact) mass is 1130 g/mol. The van der Waals surface area contributed by atoms with Crippen LogP contribution in [0.4, 0.5) is 30.2 Å². The Morgan fingerprint density at radius 3 is 1.85 bits per heavy atom. The van der Waals surface area contributed by atoms with E-state index in [2.05, 4.69) is 115 Å². The predicted octanol–water partition coefficient (Wildman–Crippen LogP) is 19.5. The topological polar surface area (TPSA) is 65.0 Å². The molecule has 1 unspecified atom stereocenters. The zero-order valence-corrected chi connectivity index (χ0v) is 48.9. The Bertz CT molecular complexity index is 3820. The number of unbranched alkanes of at least 4 members (excludes halogenated alkanes) is 2. The zero-order chi connectivity index (χ0) is 58.7. The number of phenols is 1. The van der Waals surface area contributed by atoms with Crippen molar-refractivity contribution in [1.82, 2.24) is 0 Å². The first-order valence-electron chi connectivity index (χ1n) is 30.7. The Morgan fingerprint density at radius 1 is 0.624 bits per heavy atom. The van der Waals surface area contributed by atoms with Crippen LogP contribution in [0.1, 0.15) is 127 Å². The van der Waals surface area contributed by atoms with Gasteiger partial charge in [-0.1, -0.05) is 162 Å². The number of piperazine rings is 1. The highest BCUT2D eigenvalue weighted by Gasteiger charge is 2.40. The third-order valence-electron chi connectivity index (χ3n) is 18.4. The molecule has 85 heavy (non-hydrogen) atoms. The van der Waals surface area contributed by atoms with Crippen molar-refractivity contribution < 1.29 is 27.8 Å². The van der Waals surface area contributed by atoms with Gasteiger partial charge in [0.25, 0.3) is 5.91 Å². The van der Waals surface area contributed by atoms with Crippen LogP contribution in [0.25, 0.3) is 50.2 Å². The minimum atomic E-state index is -4.60. The Hall–Kier alpha value is -8.56. The summed E-state index contributed by atoms with van der Waals surface area (Å²) in [7, 11) is 0. The van der Waals surface area contributed by atoms with Gasteiger partial charge in [-0.2, -0.15) is 13.2 Å². The zero-order valence-electron chi connectivity index (χ0n) is 48.9. The van der Waals surface area contributed by atoms with E-state index < -0.39 is 17.3 Å². The first kappa shape index (κ1) is 56.9. The number of amides is 1. The Labute approximate surface area is 498 Å². The van der Waals surface area contributed by atoms with Crippen LogP contribution in [0.5, 0.6) is 11.5 Å². The summed E-state index contributed by atoms with van der Waals surface area (Å²) in [5.41, 5.74) is 13.3. The van der Waals surface area contributed by atoms with Gasteiger partial charge in [0, 0.05) is 70.9 Å². The number of alkyl halides is 3. The van der Waals surface area contributed by atoms with E-state index in [1.165, 1.54) is 69.1 Å². The molecule has 2 fully saturated rings. The van der Waals surface area contributed by atoms with E-state index in [0.29, 0.717) is 46.5 Å². The minimum absolute atomic E-state index is 0.194. The van der Waals surface area contributed by atoms with Crippen LogP contribution in [-0.4, -0.2) is 37.2 Å². The molecule has 1 atom stereocenters.